The van der Waals surface area contributed by atoms with Crippen LogP contribution < -0.4 is 0 Å². The van der Waals surface area contributed by atoms with Crippen LogP contribution in [-0.4, -0.2) is 42.3 Å². The van der Waals surface area contributed by atoms with E-state index in [1.807, 2.05) is 13.8 Å². The Balaban J connectivity index is 4.04. The molecule has 1 atom stereocenters. The van der Waals surface area contributed by atoms with Crippen molar-refractivity contribution in [1.29, 1.82) is 0 Å². The minimum absolute atomic E-state index is 0.00565. The van der Waals surface area contributed by atoms with Gasteiger partial charge in [0.05, 0.1) is 18.4 Å². The van der Waals surface area contributed by atoms with Crippen molar-refractivity contribution < 1.29 is 14.3 Å². The van der Waals surface area contributed by atoms with Gasteiger partial charge >= 0.3 is 5.97 Å². The molecule has 0 heterocycles. The van der Waals surface area contributed by atoms with Crippen molar-refractivity contribution in [1.82, 2.24) is 4.90 Å². The van der Waals surface area contributed by atoms with Gasteiger partial charge in [0.2, 0.25) is 5.91 Å². The highest BCUT2D eigenvalue weighted by Gasteiger charge is 2.22. The van der Waals surface area contributed by atoms with Crippen molar-refractivity contribution in [3.8, 4) is 0 Å². The Morgan fingerprint density at radius 3 is 2.33 bits per heavy atom. The average molecular weight is 280 g/mol. The smallest absolute Gasteiger partial charge is 0.307 e. The summed E-state index contributed by atoms with van der Waals surface area (Å²) in [7, 11) is 3.02. The number of nitrogens with zero attached hydrogens (tertiary/aromatic N) is 1. The Bertz CT molecular complexity index is 231. The zero-order valence-corrected chi connectivity index (χ0v) is 11.2. The fraction of sp³-hybridized carbons (Fsp3) is 0.800. The summed E-state index contributed by atoms with van der Waals surface area (Å²) in [5.74, 6) is -0.0719. The van der Waals surface area contributed by atoms with E-state index in [2.05, 4.69) is 20.7 Å². The van der Waals surface area contributed by atoms with Crippen LogP contribution >= 0.6 is 15.9 Å². The van der Waals surface area contributed by atoms with Gasteiger partial charge in [0.25, 0.3) is 0 Å². The van der Waals surface area contributed by atoms with E-state index in [1.165, 1.54) is 12.0 Å². The SMILES string of the molecule is COC(=O)CCN(C)C(=O)C(Br)C(C)C. The molecular weight excluding hydrogens is 262 g/mol. The van der Waals surface area contributed by atoms with Crippen LogP contribution in [0.3, 0.4) is 0 Å². The molecular formula is C10H18BrNO3. The summed E-state index contributed by atoms with van der Waals surface area (Å²) in [4.78, 5) is 23.9. The fourth-order valence-electron chi connectivity index (χ4n) is 0.967. The van der Waals surface area contributed by atoms with E-state index in [-0.39, 0.29) is 29.0 Å². The second-order valence-corrected chi connectivity index (χ2v) is 4.72. The molecule has 0 aromatic rings. The number of ether oxygens (including phenoxy) is 1. The quantitative estimate of drug-likeness (QED) is 0.565. The first-order valence-corrected chi connectivity index (χ1v) is 5.77. The van der Waals surface area contributed by atoms with Gasteiger partial charge in [-0.15, -0.1) is 0 Å². The Labute approximate surface area is 99.1 Å². The van der Waals surface area contributed by atoms with Crippen LogP contribution in [0.4, 0.5) is 0 Å². The second-order valence-electron chi connectivity index (χ2n) is 3.73. The van der Waals surface area contributed by atoms with Crippen molar-refractivity contribution in [3.63, 3.8) is 0 Å². The number of carbonyl (C=O) groups is 2. The Morgan fingerprint density at radius 1 is 1.40 bits per heavy atom. The number of esters is 1. The summed E-state index contributed by atoms with van der Waals surface area (Å²) < 4.78 is 4.50. The molecule has 0 rings (SSSR count). The molecule has 5 heteroatoms. The molecule has 0 aromatic heterocycles. The summed E-state index contributed by atoms with van der Waals surface area (Å²) in [5.41, 5.74) is 0. The van der Waals surface area contributed by atoms with E-state index in [4.69, 9.17) is 0 Å². The molecule has 0 aliphatic rings. The molecule has 0 aliphatic carbocycles. The largest absolute Gasteiger partial charge is 0.469 e. The van der Waals surface area contributed by atoms with Gasteiger partial charge in [-0.2, -0.15) is 0 Å². The van der Waals surface area contributed by atoms with Crippen molar-refractivity contribution in [2.45, 2.75) is 25.1 Å². The van der Waals surface area contributed by atoms with Gasteiger partial charge in [-0.3, -0.25) is 9.59 Å². The van der Waals surface area contributed by atoms with Crippen LogP contribution in [0.1, 0.15) is 20.3 Å². The van der Waals surface area contributed by atoms with Crippen LogP contribution in [0.15, 0.2) is 0 Å². The van der Waals surface area contributed by atoms with E-state index in [9.17, 15) is 9.59 Å². The molecule has 1 unspecified atom stereocenters. The summed E-state index contributed by atoms with van der Waals surface area (Å²) in [5, 5.41) is 0. The van der Waals surface area contributed by atoms with Crippen molar-refractivity contribution in [2.75, 3.05) is 20.7 Å². The fourth-order valence-corrected chi connectivity index (χ4v) is 1.32. The van der Waals surface area contributed by atoms with Gasteiger partial charge in [-0.1, -0.05) is 29.8 Å². The third-order valence-electron chi connectivity index (χ3n) is 2.08. The molecule has 0 aromatic carbocycles. The number of halogens is 1. The van der Waals surface area contributed by atoms with Crippen molar-refractivity contribution in [3.05, 3.63) is 0 Å². The van der Waals surface area contributed by atoms with Gasteiger partial charge in [0.1, 0.15) is 0 Å². The van der Waals surface area contributed by atoms with E-state index >= 15 is 0 Å². The maximum Gasteiger partial charge on any atom is 0.307 e. The lowest BCUT2D eigenvalue weighted by Gasteiger charge is -2.21. The Kier molecular flexibility index (Phi) is 6.56. The Hall–Kier alpha value is -0.580. The molecule has 0 bridgehead atoms. The molecule has 0 radical (unpaired) electrons. The van der Waals surface area contributed by atoms with Crippen LogP contribution in [0.5, 0.6) is 0 Å². The van der Waals surface area contributed by atoms with E-state index in [0.29, 0.717) is 6.54 Å². The lowest BCUT2D eigenvalue weighted by molar-refractivity contribution is -0.141. The first-order chi connectivity index (χ1) is 6.90. The molecule has 0 spiro atoms. The Morgan fingerprint density at radius 2 is 1.93 bits per heavy atom. The molecule has 0 saturated heterocycles. The summed E-state index contributed by atoms with van der Waals surface area (Å²) in [6, 6.07) is 0. The first kappa shape index (κ1) is 14.4. The highest BCUT2D eigenvalue weighted by atomic mass is 79.9. The number of methoxy groups -OCH3 is 1. The molecule has 0 fully saturated rings. The van der Waals surface area contributed by atoms with E-state index in [0.717, 1.165) is 0 Å². The minimum atomic E-state index is -0.301. The third kappa shape index (κ3) is 5.16. The number of amides is 1. The van der Waals surface area contributed by atoms with Gasteiger partial charge in [-0.25, -0.2) is 0 Å². The highest BCUT2D eigenvalue weighted by Crippen LogP contribution is 2.14. The number of carbonyl (C=O) groups excluding carboxylic acids is 2. The molecule has 0 N–H and O–H groups in total. The van der Waals surface area contributed by atoms with E-state index < -0.39 is 0 Å². The third-order valence-corrected chi connectivity index (χ3v) is 3.53. The predicted octanol–water partition coefficient (Wildman–Crippen LogP) is 1.43. The van der Waals surface area contributed by atoms with E-state index in [1.54, 1.807) is 7.05 Å². The maximum atomic E-state index is 11.7. The lowest BCUT2D eigenvalue weighted by Crippen LogP contribution is -2.37. The van der Waals surface area contributed by atoms with Crippen molar-refractivity contribution in [2.24, 2.45) is 5.92 Å². The standard InChI is InChI=1S/C10H18BrNO3/c1-7(2)9(11)10(14)12(3)6-5-8(13)15-4/h7,9H,5-6H2,1-4H3. The molecule has 4 nitrogen and oxygen atoms in total. The topological polar surface area (TPSA) is 46.6 Å². The van der Waals surface area contributed by atoms with Crippen molar-refractivity contribution >= 4 is 27.8 Å². The van der Waals surface area contributed by atoms with Gasteiger partial charge in [0, 0.05) is 13.6 Å². The molecule has 1 amide bonds. The number of hydrogen-bond donors (Lipinski definition) is 0. The monoisotopic (exact) mass is 279 g/mol. The van der Waals surface area contributed by atoms with Crippen LogP contribution in [0.25, 0.3) is 0 Å². The van der Waals surface area contributed by atoms with Gasteiger partial charge in [0.15, 0.2) is 0 Å². The normalized spacial score (nSPS) is 12.4. The predicted molar refractivity (Wildman–Crippen MR) is 61.8 cm³/mol. The van der Waals surface area contributed by atoms with Crippen LogP contribution in [-0.2, 0) is 14.3 Å². The average Bonchev–Trinajstić information content (AvgIpc) is 2.22. The van der Waals surface area contributed by atoms with Gasteiger partial charge < -0.3 is 9.64 Å². The molecule has 88 valence electrons. The summed E-state index contributed by atoms with van der Waals surface area (Å²) in [6.45, 7) is 4.32. The summed E-state index contributed by atoms with van der Waals surface area (Å²) in [6.07, 6.45) is 0.233. The lowest BCUT2D eigenvalue weighted by atomic mass is 10.1. The highest BCUT2D eigenvalue weighted by molar-refractivity contribution is 9.10. The molecule has 0 saturated carbocycles. The zero-order chi connectivity index (χ0) is 12.0. The molecule has 15 heavy (non-hydrogen) atoms. The first-order valence-electron chi connectivity index (χ1n) is 4.86. The van der Waals surface area contributed by atoms with Crippen LogP contribution in [0.2, 0.25) is 0 Å². The number of alkyl halides is 1. The summed E-state index contributed by atoms with van der Waals surface area (Å²) >= 11 is 3.32. The second kappa shape index (κ2) is 6.82. The van der Waals surface area contributed by atoms with Gasteiger partial charge in [-0.05, 0) is 5.92 Å². The van der Waals surface area contributed by atoms with Crippen LogP contribution in [0, 0.1) is 5.92 Å². The number of rotatable bonds is 5. The maximum absolute atomic E-state index is 11.7. The minimum Gasteiger partial charge on any atom is -0.469 e. The molecule has 0 aliphatic heterocycles. The zero-order valence-electron chi connectivity index (χ0n) is 9.62. The number of hydrogen-bond acceptors (Lipinski definition) is 3.